The predicted molar refractivity (Wildman–Crippen MR) is 62.1 cm³/mol. The summed E-state index contributed by atoms with van der Waals surface area (Å²) in [5.41, 5.74) is 0. The molecule has 16 heavy (non-hydrogen) atoms. The van der Waals surface area contributed by atoms with E-state index < -0.39 is 0 Å². The largest absolute Gasteiger partial charge is 0.378 e. The van der Waals surface area contributed by atoms with E-state index in [1.807, 2.05) is 0 Å². The van der Waals surface area contributed by atoms with Crippen molar-refractivity contribution in [3.8, 4) is 0 Å². The van der Waals surface area contributed by atoms with Crippen LogP contribution in [0.2, 0.25) is 0 Å². The van der Waals surface area contributed by atoms with Gasteiger partial charge >= 0.3 is 0 Å². The summed E-state index contributed by atoms with van der Waals surface area (Å²) < 4.78 is 5.47. The number of carbonyl (C=O) groups excluding carboxylic acids is 1. The van der Waals surface area contributed by atoms with Crippen molar-refractivity contribution in [3.63, 3.8) is 0 Å². The molecule has 0 aromatic rings. The minimum atomic E-state index is 0.202. The van der Waals surface area contributed by atoms with Crippen molar-refractivity contribution < 1.29 is 9.53 Å². The fourth-order valence-electron chi connectivity index (χ4n) is 2.51. The SMILES string of the molecule is CC1OCCC1CNC(=O)CC1CCNC1. The summed E-state index contributed by atoms with van der Waals surface area (Å²) in [6, 6.07) is 0. The van der Waals surface area contributed by atoms with Gasteiger partial charge in [-0.25, -0.2) is 0 Å². The summed E-state index contributed by atoms with van der Waals surface area (Å²) in [6.07, 6.45) is 3.19. The van der Waals surface area contributed by atoms with Gasteiger partial charge in [0.05, 0.1) is 6.10 Å². The van der Waals surface area contributed by atoms with E-state index in [9.17, 15) is 4.79 Å². The summed E-state index contributed by atoms with van der Waals surface area (Å²) in [5.74, 6) is 1.25. The molecule has 4 nitrogen and oxygen atoms in total. The second-order valence-corrected chi connectivity index (χ2v) is 4.99. The van der Waals surface area contributed by atoms with Crippen molar-refractivity contribution in [1.29, 1.82) is 0 Å². The monoisotopic (exact) mass is 226 g/mol. The highest BCUT2D eigenvalue weighted by Crippen LogP contribution is 2.19. The Hall–Kier alpha value is -0.610. The molecule has 0 bridgehead atoms. The lowest BCUT2D eigenvalue weighted by atomic mass is 10.0. The first-order valence-electron chi connectivity index (χ1n) is 6.34. The van der Waals surface area contributed by atoms with Crippen molar-refractivity contribution >= 4 is 5.91 Å². The first kappa shape index (κ1) is 11.9. The van der Waals surface area contributed by atoms with Crippen molar-refractivity contribution in [1.82, 2.24) is 10.6 Å². The Morgan fingerprint density at radius 1 is 1.50 bits per heavy atom. The fourth-order valence-corrected chi connectivity index (χ4v) is 2.51. The van der Waals surface area contributed by atoms with Gasteiger partial charge in [-0.2, -0.15) is 0 Å². The van der Waals surface area contributed by atoms with E-state index in [4.69, 9.17) is 4.74 Å². The third-order valence-corrected chi connectivity index (χ3v) is 3.73. The van der Waals surface area contributed by atoms with Crippen LogP contribution in [-0.4, -0.2) is 38.3 Å². The Morgan fingerprint density at radius 3 is 3.00 bits per heavy atom. The van der Waals surface area contributed by atoms with Gasteiger partial charge < -0.3 is 15.4 Å². The molecule has 3 unspecified atom stereocenters. The lowest BCUT2D eigenvalue weighted by Crippen LogP contribution is -2.33. The molecule has 92 valence electrons. The number of ether oxygens (including phenoxy) is 1. The Morgan fingerprint density at radius 2 is 2.38 bits per heavy atom. The number of hydrogen-bond donors (Lipinski definition) is 2. The molecule has 0 aliphatic carbocycles. The van der Waals surface area contributed by atoms with Crippen molar-refractivity contribution in [2.24, 2.45) is 11.8 Å². The third-order valence-electron chi connectivity index (χ3n) is 3.73. The van der Waals surface area contributed by atoms with Gasteiger partial charge in [0.25, 0.3) is 0 Å². The Kier molecular flexibility index (Phi) is 4.18. The molecule has 0 radical (unpaired) electrons. The van der Waals surface area contributed by atoms with Crippen molar-refractivity contribution in [2.45, 2.75) is 32.3 Å². The highest BCUT2D eigenvalue weighted by molar-refractivity contribution is 5.76. The average Bonchev–Trinajstić information content (AvgIpc) is 2.87. The predicted octanol–water partition coefficient (Wildman–Crippen LogP) is 0.527. The van der Waals surface area contributed by atoms with Crippen LogP contribution in [0.15, 0.2) is 0 Å². The summed E-state index contributed by atoms with van der Waals surface area (Å²) in [6.45, 7) is 5.76. The number of nitrogens with one attached hydrogen (secondary N) is 2. The van der Waals surface area contributed by atoms with E-state index >= 15 is 0 Å². The Bertz CT molecular complexity index is 239. The van der Waals surface area contributed by atoms with Crippen molar-refractivity contribution in [2.75, 3.05) is 26.2 Å². The molecule has 0 aromatic carbocycles. The van der Waals surface area contributed by atoms with Crippen molar-refractivity contribution in [3.05, 3.63) is 0 Å². The van der Waals surface area contributed by atoms with E-state index in [0.717, 1.165) is 39.1 Å². The minimum absolute atomic E-state index is 0.202. The minimum Gasteiger partial charge on any atom is -0.378 e. The van der Waals surface area contributed by atoms with Crippen LogP contribution >= 0.6 is 0 Å². The van der Waals surface area contributed by atoms with E-state index in [0.29, 0.717) is 24.4 Å². The van der Waals surface area contributed by atoms with Crippen LogP contribution in [-0.2, 0) is 9.53 Å². The zero-order valence-electron chi connectivity index (χ0n) is 10.00. The Labute approximate surface area is 97.1 Å². The van der Waals surface area contributed by atoms with Crippen LogP contribution in [0, 0.1) is 11.8 Å². The van der Waals surface area contributed by atoms with E-state index in [2.05, 4.69) is 17.6 Å². The van der Waals surface area contributed by atoms with Crippen LogP contribution < -0.4 is 10.6 Å². The highest BCUT2D eigenvalue weighted by Gasteiger charge is 2.25. The van der Waals surface area contributed by atoms with Gasteiger partial charge in [0, 0.05) is 25.5 Å². The molecule has 0 saturated carbocycles. The first-order chi connectivity index (χ1) is 7.75. The first-order valence-corrected chi connectivity index (χ1v) is 6.34. The third kappa shape index (κ3) is 3.19. The molecule has 2 aliphatic heterocycles. The van der Waals surface area contributed by atoms with Crippen LogP contribution in [0.25, 0.3) is 0 Å². The average molecular weight is 226 g/mol. The quantitative estimate of drug-likeness (QED) is 0.735. The zero-order chi connectivity index (χ0) is 11.4. The van der Waals surface area contributed by atoms with Crippen LogP contribution in [0.4, 0.5) is 0 Å². The maximum atomic E-state index is 11.7. The van der Waals surface area contributed by atoms with Crippen LogP contribution in [0.3, 0.4) is 0 Å². The van der Waals surface area contributed by atoms with E-state index in [1.54, 1.807) is 0 Å². The molecule has 4 heteroatoms. The van der Waals surface area contributed by atoms with Crippen LogP contribution in [0.1, 0.15) is 26.2 Å². The molecular weight excluding hydrogens is 204 g/mol. The normalized spacial score (nSPS) is 34.2. The molecule has 0 spiro atoms. The second-order valence-electron chi connectivity index (χ2n) is 4.99. The summed E-state index contributed by atoms with van der Waals surface area (Å²) in [4.78, 5) is 11.7. The summed E-state index contributed by atoms with van der Waals surface area (Å²) in [5, 5.41) is 6.32. The van der Waals surface area contributed by atoms with Gasteiger partial charge in [-0.1, -0.05) is 0 Å². The molecule has 2 heterocycles. The second kappa shape index (κ2) is 5.64. The van der Waals surface area contributed by atoms with Gasteiger partial charge in [-0.15, -0.1) is 0 Å². The summed E-state index contributed by atoms with van der Waals surface area (Å²) in [7, 11) is 0. The highest BCUT2D eigenvalue weighted by atomic mass is 16.5. The molecule has 0 aromatic heterocycles. The molecule has 2 aliphatic rings. The Balaban J connectivity index is 1.63. The maximum Gasteiger partial charge on any atom is 0.220 e. The van der Waals surface area contributed by atoms with Gasteiger partial charge in [-0.05, 0) is 38.8 Å². The number of amides is 1. The number of rotatable bonds is 4. The topological polar surface area (TPSA) is 50.4 Å². The van der Waals surface area contributed by atoms with Gasteiger partial charge in [0.2, 0.25) is 5.91 Å². The van der Waals surface area contributed by atoms with Gasteiger partial charge in [0.1, 0.15) is 0 Å². The maximum absolute atomic E-state index is 11.7. The molecule has 1 amide bonds. The molecule has 2 N–H and O–H groups in total. The molecule has 2 saturated heterocycles. The lowest BCUT2D eigenvalue weighted by molar-refractivity contribution is -0.122. The molecular formula is C12H22N2O2. The van der Waals surface area contributed by atoms with Crippen LogP contribution in [0.5, 0.6) is 0 Å². The fraction of sp³-hybridized carbons (Fsp3) is 0.917. The molecule has 2 fully saturated rings. The van der Waals surface area contributed by atoms with Gasteiger partial charge in [-0.3, -0.25) is 4.79 Å². The zero-order valence-corrected chi connectivity index (χ0v) is 10.00. The summed E-state index contributed by atoms with van der Waals surface area (Å²) >= 11 is 0. The van der Waals surface area contributed by atoms with Gasteiger partial charge in [0.15, 0.2) is 0 Å². The standard InChI is InChI=1S/C12H22N2O2/c1-9-11(3-5-16-9)8-14-12(15)6-10-2-4-13-7-10/h9-11,13H,2-8H2,1H3,(H,14,15). The number of carbonyl (C=O) groups is 1. The molecule has 2 rings (SSSR count). The van der Waals surface area contributed by atoms with E-state index in [1.165, 1.54) is 0 Å². The molecule has 3 atom stereocenters. The van der Waals surface area contributed by atoms with E-state index in [-0.39, 0.29) is 5.91 Å². The lowest BCUT2D eigenvalue weighted by Gasteiger charge is -2.15. The number of hydrogen-bond acceptors (Lipinski definition) is 3. The smallest absolute Gasteiger partial charge is 0.220 e.